The lowest BCUT2D eigenvalue weighted by molar-refractivity contribution is 0.190. The molecule has 0 unspecified atom stereocenters. The number of anilines is 1. The second kappa shape index (κ2) is 8.11. The second-order valence-electron chi connectivity index (χ2n) is 6.46. The van der Waals surface area contributed by atoms with Gasteiger partial charge in [0.1, 0.15) is 5.82 Å². The van der Waals surface area contributed by atoms with Crippen LogP contribution in [0.5, 0.6) is 0 Å². The van der Waals surface area contributed by atoms with Gasteiger partial charge in [-0.2, -0.15) is 4.98 Å². The molecule has 25 heavy (non-hydrogen) atoms. The Balaban J connectivity index is 1.43. The van der Waals surface area contributed by atoms with Crippen LogP contribution in [0, 0.1) is 0 Å². The number of carbonyl (C=O) groups excluding carboxylic acids is 1. The molecular weight excluding hydrogens is 316 g/mol. The van der Waals surface area contributed by atoms with Gasteiger partial charge in [0, 0.05) is 39.1 Å². The summed E-state index contributed by atoms with van der Waals surface area (Å²) in [5.74, 6) is 1.21. The highest BCUT2D eigenvalue weighted by Gasteiger charge is 2.21. The first-order valence-corrected chi connectivity index (χ1v) is 8.87. The van der Waals surface area contributed by atoms with Crippen molar-refractivity contribution in [3.05, 3.63) is 41.7 Å². The molecule has 0 atom stereocenters. The van der Waals surface area contributed by atoms with Crippen LogP contribution in [0.3, 0.4) is 0 Å². The summed E-state index contributed by atoms with van der Waals surface area (Å²) < 4.78 is 1.69. The highest BCUT2D eigenvalue weighted by atomic mass is 16.2. The third-order valence-corrected chi connectivity index (χ3v) is 4.57. The Kier molecular flexibility index (Phi) is 5.65. The van der Waals surface area contributed by atoms with Crippen molar-refractivity contribution < 1.29 is 4.79 Å². The van der Waals surface area contributed by atoms with Gasteiger partial charge < -0.3 is 5.32 Å². The summed E-state index contributed by atoms with van der Waals surface area (Å²) in [4.78, 5) is 18.9. The van der Waals surface area contributed by atoms with Crippen molar-refractivity contribution in [2.75, 3.05) is 18.4 Å². The van der Waals surface area contributed by atoms with Crippen LogP contribution in [0.15, 0.2) is 30.3 Å². The zero-order valence-corrected chi connectivity index (χ0v) is 14.9. The van der Waals surface area contributed by atoms with Crippen LogP contribution in [0.1, 0.15) is 31.2 Å². The molecule has 1 fully saturated rings. The van der Waals surface area contributed by atoms with E-state index in [1.165, 1.54) is 5.56 Å². The molecule has 2 aromatic rings. The minimum atomic E-state index is -0.227. The van der Waals surface area contributed by atoms with Crippen molar-refractivity contribution >= 4 is 12.0 Å². The van der Waals surface area contributed by atoms with Gasteiger partial charge in [0.15, 0.2) is 0 Å². The first-order valence-electron chi connectivity index (χ1n) is 8.87. The monoisotopic (exact) mass is 342 g/mol. The zero-order valence-electron chi connectivity index (χ0n) is 14.9. The molecule has 0 saturated carbocycles. The quantitative estimate of drug-likeness (QED) is 0.873. The average molecular weight is 342 g/mol. The molecule has 134 valence electrons. The van der Waals surface area contributed by atoms with Crippen molar-refractivity contribution in [2.45, 2.75) is 38.8 Å². The van der Waals surface area contributed by atoms with E-state index >= 15 is 0 Å². The molecule has 1 aliphatic heterocycles. The van der Waals surface area contributed by atoms with E-state index in [1.807, 2.05) is 20.0 Å². The smallest absolute Gasteiger partial charge is 0.321 e. The molecule has 7 heteroatoms. The molecule has 1 aliphatic rings. The number of nitrogens with zero attached hydrogens (tertiary/aromatic N) is 4. The van der Waals surface area contributed by atoms with Gasteiger partial charge in [-0.1, -0.05) is 37.3 Å². The molecule has 0 bridgehead atoms. The largest absolute Gasteiger partial charge is 0.335 e. The Morgan fingerprint density at radius 2 is 1.96 bits per heavy atom. The number of aromatic nitrogens is 3. The van der Waals surface area contributed by atoms with E-state index in [0.29, 0.717) is 5.95 Å². The number of likely N-dealkylation sites (tertiary alicyclic amines) is 1. The summed E-state index contributed by atoms with van der Waals surface area (Å²) in [5.41, 5.74) is 1.33. The predicted octanol–water partition coefficient (Wildman–Crippen LogP) is 2.16. The van der Waals surface area contributed by atoms with Gasteiger partial charge in [0.2, 0.25) is 5.95 Å². The zero-order chi connectivity index (χ0) is 17.6. The fourth-order valence-corrected chi connectivity index (χ4v) is 3.18. The molecule has 0 spiro atoms. The van der Waals surface area contributed by atoms with E-state index in [9.17, 15) is 4.79 Å². The maximum absolute atomic E-state index is 12.1. The molecule has 1 aromatic heterocycles. The van der Waals surface area contributed by atoms with Crippen molar-refractivity contribution in [2.24, 2.45) is 7.05 Å². The lowest BCUT2D eigenvalue weighted by Gasteiger charge is -2.32. The molecule has 2 amide bonds. The minimum absolute atomic E-state index is 0.196. The molecule has 1 saturated heterocycles. The Morgan fingerprint density at radius 1 is 1.24 bits per heavy atom. The fraction of sp³-hybridized carbons (Fsp3) is 0.500. The fourth-order valence-electron chi connectivity index (χ4n) is 3.18. The van der Waals surface area contributed by atoms with E-state index in [4.69, 9.17) is 0 Å². The Labute approximate surface area is 148 Å². The third-order valence-electron chi connectivity index (χ3n) is 4.57. The first kappa shape index (κ1) is 17.4. The van der Waals surface area contributed by atoms with Gasteiger partial charge in [-0.15, -0.1) is 5.10 Å². The lowest BCUT2D eigenvalue weighted by atomic mass is 10.0. The highest BCUT2D eigenvalue weighted by molar-refractivity contribution is 5.87. The van der Waals surface area contributed by atoms with Crippen molar-refractivity contribution in [3.8, 4) is 0 Å². The van der Waals surface area contributed by atoms with Gasteiger partial charge in [0.05, 0.1) is 0 Å². The van der Waals surface area contributed by atoms with Crippen LogP contribution in [0.4, 0.5) is 10.7 Å². The van der Waals surface area contributed by atoms with Crippen molar-refractivity contribution in [1.29, 1.82) is 0 Å². The van der Waals surface area contributed by atoms with E-state index in [0.717, 1.165) is 44.7 Å². The van der Waals surface area contributed by atoms with Crippen LogP contribution < -0.4 is 10.6 Å². The van der Waals surface area contributed by atoms with Gasteiger partial charge in [0.25, 0.3) is 0 Å². The number of carbonyl (C=O) groups is 1. The van der Waals surface area contributed by atoms with Gasteiger partial charge >= 0.3 is 6.03 Å². The van der Waals surface area contributed by atoms with Crippen LogP contribution in [0.2, 0.25) is 0 Å². The van der Waals surface area contributed by atoms with Crippen molar-refractivity contribution in [3.63, 3.8) is 0 Å². The average Bonchev–Trinajstić information content (AvgIpc) is 2.97. The van der Waals surface area contributed by atoms with E-state index in [-0.39, 0.29) is 12.1 Å². The maximum Gasteiger partial charge on any atom is 0.321 e. The number of piperidine rings is 1. The molecule has 0 radical (unpaired) electrons. The minimum Gasteiger partial charge on any atom is -0.335 e. The van der Waals surface area contributed by atoms with Crippen LogP contribution in [0.25, 0.3) is 0 Å². The van der Waals surface area contributed by atoms with Crippen LogP contribution >= 0.6 is 0 Å². The Hall–Kier alpha value is -2.41. The number of aryl methyl sites for hydroxylation is 2. The van der Waals surface area contributed by atoms with E-state index < -0.39 is 0 Å². The molecule has 1 aromatic carbocycles. The van der Waals surface area contributed by atoms with Gasteiger partial charge in [-0.25, -0.2) is 4.79 Å². The third kappa shape index (κ3) is 4.79. The Bertz CT molecular complexity index is 691. The number of rotatable bonds is 5. The van der Waals surface area contributed by atoms with Gasteiger partial charge in [-0.3, -0.25) is 14.9 Å². The number of benzene rings is 1. The summed E-state index contributed by atoms with van der Waals surface area (Å²) >= 11 is 0. The summed E-state index contributed by atoms with van der Waals surface area (Å²) in [6.07, 6.45) is 2.69. The molecular formula is C18H26N6O. The van der Waals surface area contributed by atoms with Gasteiger partial charge in [-0.05, 0) is 18.4 Å². The van der Waals surface area contributed by atoms with Crippen LogP contribution in [-0.4, -0.2) is 44.8 Å². The summed E-state index contributed by atoms with van der Waals surface area (Å²) in [6, 6.07) is 10.5. The molecule has 2 heterocycles. The maximum atomic E-state index is 12.1. The molecule has 3 rings (SSSR count). The SMILES string of the molecule is CCc1nc(NC(=O)NC2CCN(Cc3ccccc3)CC2)nn1C. The number of amides is 2. The lowest BCUT2D eigenvalue weighted by Crippen LogP contribution is -2.45. The van der Waals surface area contributed by atoms with Crippen molar-refractivity contribution in [1.82, 2.24) is 25.0 Å². The van der Waals surface area contributed by atoms with E-state index in [2.05, 4.69) is 49.9 Å². The number of urea groups is 1. The first-order chi connectivity index (χ1) is 12.1. The summed E-state index contributed by atoms with van der Waals surface area (Å²) in [6.45, 7) is 4.96. The number of nitrogens with one attached hydrogen (secondary N) is 2. The number of hydrogen-bond donors (Lipinski definition) is 2. The standard InChI is InChI=1S/C18H26N6O/c1-3-16-20-17(22-23(16)2)21-18(25)19-15-9-11-24(12-10-15)13-14-7-5-4-6-8-14/h4-8,15H,3,9-13H2,1-2H3,(H2,19,21,22,25). The predicted molar refractivity (Wildman–Crippen MR) is 97.3 cm³/mol. The topological polar surface area (TPSA) is 75.1 Å². The molecule has 2 N–H and O–H groups in total. The summed E-state index contributed by atoms with van der Waals surface area (Å²) in [7, 11) is 1.83. The molecule has 0 aliphatic carbocycles. The highest BCUT2D eigenvalue weighted by Crippen LogP contribution is 2.14. The Morgan fingerprint density at radius 3 is 2.60 bits per heavy atom. The summed E-state index contributed by atoms with van der Waals surface area (Å²) in [5, 5.41) is 9.96. The number of hydrogen-bond acceptors (Lipinski definition) is 4. The van der Waals surface area contributed by atoms with Crippen LogP contribution in [-0.2, 0) is 20.0 Å². The van der Waals surface area contributed by atoms with E-state index in [1.54, 1.807) is 4.68 Å². The second-order valence-corrected chi connectivity index (χ2v) is 6.46. The normalized spacial score (nSPS) is 15.9. The molecule has 7 nitrogen and oxygen atoms in total.